The van der Waals surface area contributed by atoms with Gasteiger partial charge in [0, 0.05) is 4.88 Å². The van der Waals surface area contributed by atoms with Gasteiger partial charge in [0.05, 0.1) is 11.4 Å². The van der Waals surface area contributed by atoms with Gasteiger partial charge in [0.25, 0.3) is 11.9 Å². The van der Waals surface area contributed by atoms with E-state index in [1.165, 1.54) is 0 Å². The summed E-state index contributed by atoms with van der Waals surface area (Å²) in [5.74, 6) is 0.152. The molecule has 0 N–H and O–H groups in total. The average Bonchev–Trinajstić information content (AvgIpc) is 3.06. The molecule has 1 amide bonds. The molecule has 0 bridgehead atoms. The van der Waals surface area contributed by atoms with Gasteiger partial charge in [-0.15, -0.1) is 11.3 Å². The third kappa shape index (κ3) is 1.84. The topological polar surface area (TPSA) is 57.4 Å². The number of hydrazone groups is 1. The molecule has 0 spiro atoms. The van der Waals surface area contributed by atoms with Crippen molar-refractivity contribution in [3.05, 3.63) is 28.1 Å². The molecule has 4 rings (SSSR count). The number of thiophene rings is 1. The Bertz CT molecular complexity index is 697. The zero-order valence-electron chi connectivity index (χ0n) is 10.7. The fourth-order valence-electron chi connectivity index (χ4n) is 2.54. The molecule has 6 heteroatoms. The van der Waals surface area contributed by atoms with Crippen molar-refractivity contribution in [2.24, 2.45) is 15.1 Å². The molecule has 0 unspecified atom stereocenters. The molecule has 100 valence electrons. The van der Waals surface area contributed by atoms with Crippen molar-refractivity contribution in [3.8, 4) is 0 Å². The van der Waals surface area contributed by atoms with Crippen LogP contribution in [0.3, 0.4) is 0 Å². The lowest BCUT2D eigenvalue weighted by atomic mass is 9.96. The van der Waals surface area contributed by atoms with Crippen molar-refractivity contribution < 1.29 is 4.79 Å². The molecule has 0 saturated heterocycles. The first-order valence-corrected chi connectivity index (χ1v) is 7.53. The number of fused-ring (bicyclic) bond motifs is 2. The van der Waals surface area contributed by atoms with E-state index in [0.29, 0.717) is 11.7 Å². The highest BCUT2D eigenvalue weighted by Crippen LogP contribution is 2.27. The zero-order valence-corrected chi connectivity index (χ0v) is 11.6. The number of aliphatic imine (C=N–C) groups is 2. The Kier molecular flexibility index (Phi) is 2.63. The largest absolute Gasteiger partial charge is 0.299 e. The van der Waals surface area contributed by atoms with Gasteiger partial charge in [-0.2, -0.15) is 15.1 Å². The van der Waals surface area contributed by atoms with Crippen LogP contribution in [-0.2, 0) is 4.79 Å². The van der Waals surface area contributed by atoms with Crippen LogP contribution in [0.25, 0.3) is 6.08 Å². The van der Waals surface area contributed by atoms with Crippen molar-refractivity contribution in [1.29, 1.82) is 0 Å². The summed E-state index contributed by atoms with van der Waals surface area (Å²) in [6.07, 6.45) is 5.97. The molecule has 20 heavy (non-hydrogen) atoms. The number of hydrogen-bond acceptors (Lipinski definition) is 5. The fourth-order valence-corrected chi connectivity index (χ4v) is 3.19. The van der Waals surface area contributed by atoms with E-state index in [9.17, 15) is 4.79 Å². The van der Waals surface area contributed by atoms with Crippen molar-refractivity contribution in [1.82, 2.24) is 5.01 Å². The van der Waals surface area contributed by atoms with E-state index in [4.69, 9.17) is 0 Å². The van der Waals surface area contributed by atoms with E-state index in [1.807, 2.05) is 23.6 Å². The van der Waals surface area contributed by atoms with E-state index in [-0.39, 0.29) is 5.91 Å². The summed E-state index contributed by atoms with van der Waals surface area (Å²) >= 11 is 1.58. The summed E-state index contributed by atoms with van der Waals surface area (Å²) in [5.41, 5.74) is 2.49. The first-order chi connectivity index (χ1) is 9.81. The second-order valence-corrected chi connectivity index (χ2v) is 5.87. The van der Waals surface area contributed by atoms with Gasteiger partial charge in [-0.25, -0.2) is 4.99 Å². The molecule has 0 aromatic carbocycles. The summed E-state index contributed by atoms with van der Waals surface area (Å²) in [4.78, 5) is 21.6. The van der Waals surface area contributed by atoms with Crippen LogP contribution in [-0.4, -0.2) is 28.3 Å². The Morgan fingerprint density at radius 1 is 1.20 bits per heavy atom. The average molecular weight is 284 g/mol. The van der Waals surface area contributed by atoms with Crippen molar-refractivity contribution in [2.45, 2.75) is 25.7 Å². The van der Waals surface area contributed by atoms with Gasteiger partial charge in [-0.3, -0.25) is 4.79 Å². The molecular formula is C14H12N4OS. The quantitative estimate of drug-likeness (QED) is 0.744. The minimum Gasteiger partial charge on any atom is -0.265 e. The summed E-state index contributed by atoms with van der Waals surface area (Å²) < 4.78 is 0. The second kappa shape index (κ2) is 4.49. The molecule has 3 aliphatic rings. The van der Waals surface area contributed by atoms with E-state index >= 15 is 0 Å². The molecule has 5 nitrogen and oxygen atoms in total. The first kappa shape index (κ1) is 11.7. The number of carbonyl (C=O) groups excluding carboxylic acids is 1. The SMILES string of the molecule is O=C1N=C2N=C3CCCCC3=NN2C1=Cc1cccs1. The third-order valence-corrected chi connectivity index (χ3v) is 4.35. The molecule has 1 saturated carbocycles. The summed E-state index contributed by atoms with van der Waals surface area (Å²) in [6.45, 7) is 0. The Hall–Kier alpha value is -2.08. The van der Waals surface area contributed by atoms with Crippen LogP contribution in [0.15, 0.2) is 38.3 Å². The first-order valence-electron chi connectivity index (χ1n) is 6.65. The smallest absolute Gasteiger partial charge is 0.265 e. The van der Waals surface area contributed by atoms with Gasteiger partial charge >= 0.3 is 0 Å². The van der Waals surface area contributed by atoms with Gasteiger partial charge in [-0.1, -0.05) is 6.07 Å². The highest BCUT2D eigenvalue weighted by molar-refractivity contribution is 7.10. The molecule has 1 fully saturated rings. The molecule has 1 aromatic heterocycles. The predicted octanol–water partition coefficient (Wildman–Crippen LogP) is 2.67. The van der Waals surface area contributed by atoms with Crippen molar-refractivity contribution in [2.75, 3.05) is 0 Å². The number of nitrogens with zero attached hydrogens (tertiary/aromatic N) is 4. The Balaban J connectivity index is 1.75. The number of rotatable bonds is 1. The van der Waals surface area contributed by atoms with E-state index in [2.05, 4.69) is 15.1 Å². The Morgan fingerprint density at radius 2 is 2.05 bits per heavy atom. The van der Waals surface area contributed by atoms with Crippen molar-refractivity contribution >= 4 is 40.7 Å². The van der Waals surface area contributed by atoms with E-state index in [0.717, 1.165) is 42.0 Å². The fraction of sp³-hybridized carbons (Fsp3) is 0.286. The maximum absolute atomic E-state index is 12.0. The Morgan fingerprint density at radius 3 is 2.85 bits per heavy atom. The van der Waals surface area contributed by atoms with E-state index in [1.54, 1.807) is 16.3 Å². The van der Waals surface area contributed by atoms with Gasteiger partial charge in [-0.05, 0) is 43.2 Å². The normalized spacial score (nSPS) is 23.2. The standard InChI is InChI=1S/C14H12N4OS/c19-13-12(8-9-4-3-7-20-9)18-14(16-13)15-10-5-1-2-6-11(10)17-18/h3-4,7-8H,1-2,5-6H2. The summed E-state index contributed by atoms with van der Waals surface area (Å²) in [6, 6.07) is 3.92. The minimum atomic E-state index is -0.263. The van der Waals surface area contributed by atoms with Gasteiger partial charge < -0.3 is 0 Å². The molecular weight excluding hydrogens is 272 g/mol. The summed E-state index contributed by atoms with van der Waals surface area (Å²) in [5, 5.41) is 8.15. The Labute approximate surface area is 120 Å². The van der Waals surface area contributed by atoms with Crippen LogP contribution in [0.4, 0.5) is 0 Å². The maximum Gasteiger partial charge on any atom is 0.299 e. The summed E-state index contributed by atoms with van der Waals surface area (Å²) in [7, 11) is 0. The maximum atomic E-state index is 12.0. The van der Waals surface area contributed by atoms with Gasteiger partial charge in [0.15, 0.2) is 0 Å². The number of carbonyl (C=O) groups is 1. The van der Waals surface area contributed by atoms with Crippen LogP contribution < -0.4 is 0 Å². The lowest BCUT2D eigenvalue weighted by Gasteiger charge is -2.24. The lowest BCUT2D eigenvalue weighted by molar-refractivity contribution is -0.114. The lowest BCUT2D eigenvalue weighted by Crippen LogP contribution is -2.33. The third-order valence-electron chi connectivity index (χ3n) is 3.53. The van der Waals surface area contributed by atoms with Gasteiger partial charge in [0.2, 0.25) is 0 Å². The molecule has 1 aromatic rings. The predicted molar refractivity (Wildman–Crippen MR) is 79.9 cm³/mol. The minimum absolute atomic E-state index is 0.263. The zero-order chi connectivity index (χ0) is 13.5. The van der Waals surface area contributed by atoms with Crippen LogP contribution in [0.5, 0.6) is 0 Å². The number of amides is 1. The molecule has 1 aliphatic carbocycles. The van der Waals surface area contributed by atoms with Gasteiger partial charge in [0.1, 0.15) is 5.70 Å². The molecule has 0 atom stereocenters. The van der Waals surface area contributed by atoms with Crippen LogP contribution in [0.1, 0.15) is 30.6 Å². The highest BCUT2D eigenvalue weighted by atomic mass is 32.1. The van der Waals surface area contributed by atoms with Crippen LogP contribution >= 0.6 is 11.3 Å². The number of hydrogen-bond donors (Lipinski definition) is 0. The molecule has 0 radical (unpaired) electrons. The van der Waals surface area contributed by atoms with Crippen LogP contribution in [0.2, 0.25) is 0 Å². The van der Waals surface area contributed by atoms with E-state index < -0.39 is 0 Å². The second-order valence-electron chi connectivity index (χ2n) is 4.89. The molecule has 2 aliphatic heterocycles. The highest BCUT2D eigenvalue weighted by Gasteiger charge is 2.34. The number of guanidine groups is 1. The monoisotopic (exact) mass is 284 g/mol. The molecule has 3 heterocycles. The van der Waals surface area contributed by atoms with Crippen molar-refractivity contribution in [3.63, 3.8) is 0 Å². The van der Waals surface area contributed by atoms with Crippen LogP contribution in [0, 0.1) is 0 Å².